The minimum atomic E-state index is -1.40. The SMILES string of the molecule is CC(C)c1cc(C(=O)c2ccccc2)c(O)cc1Oc1ccc(C(=O)O)c(C(=O)O)c1. The molecule has 0 saturated heterocycles. The van der Waals surface area contributed by atoms with Crippen molar-refractivity contribution in [1.82, 2.24) is 0 Å². The van der Waals surface area contributed by atoms with Gasteiger partial charge < -0.3 is 20.1 Å². The first-order valence-electron chi connectivity index (χ1n) is 9.44. The van der Waals surface area contributed by atoms with Crippen molar-refractivity contribution in [1.29, 1.82) is 0 Å². The summed E-state index contributed by atoms with van der Waals surface area (Å²) in [5.41, 5.74) is 0.384. The number of carbonyl (C=O) groups excluding carboxylic acids is 1. The lowest BCUT2D eigenvalue weighted by Gasteiger charge is -2.17. The number of phenols is 1. The van der Waals surface area contributed by atoms with Gasteiger partial charge in [-0.05, 0) is 35.7 Å². The van der Waals surface area contributed by atoms with E-state index in [4.69, 9.17) is 9.84 Å². The topological polar surface area (TPSA) is 121 Å². The monoisotopic (exact) mass is 420 g/mol. The van der Waals surface area contributed by atoms with Crippen LogP contribution in [-0.2, 0) is 0 Å². The van der Waals surface area contributed by atoms with Crippen LogP contribution in [0.1, 0.15) is 62.0 Å². The van der Waals surface area contributed by atoms with Crippen molar-refractivity contribution in [3.8, 4) is 17.2 Å². The Bertz CT molecular complexity index is 1160. The van der Waals surface area contributed by atoms with E-state index < -0.39 is 17.5 Å². The van der Waals surface area contributed by atoms with Crippen LogP contribution in [0.3, 0.4) is 0 Å². The molecular weight excluding hydrogens is 400 g/mol. The molecule has 0 spiro atoms. The van der Waals surface area contributed by atoms with E-state index in [-0.39, 0.29) is 40.1 Å². The van der Waals surface area contributed by atoms with E-state index in [1.807, 2.05) is 13.8 Å². The van der Waals surface area contributed by atoms with Gasteiger partial charge in [0.1, 0.15) is 17.2 Å². The van der Waals surface area contributed by atoms with Crippen molar-refractivity contribution in [2.75, 3.05) is 0 Å². The molecule has 0 fully saturated rings. The van der Waals surface area contributed by atoms with Gasteiger partial charge in [-0.25, -0.2) is 9.59 Å². The smallest absolute Gasteiger partial charge is 0.336 e. The second-order valence-electron chi connectivity index (χ2n) is 7.18. The van der Waals surface area contributed by atoms with Crippen LogP contribution in [0.5, 0.6) is 17.2 Å². The average Bonchev–Trinajstić information content (AvgIpc) is 2.73. The van der Waals surface area contributed by atoms with E-state index in [0.29, 0.717) is 11.1 Å². The summed E-state index contributed by atoms with van der Waals surface area (Å²) in [4.78, 5) is 35.5. The first kappa shape index (κ1) is 21.6. The number of ketones is 1. The number of hydrogen-bond acceptors (Lipinski definition) is 5. The van der Waals surface area contributed by atoms with Crippen LogP contribution in [0.4, 0.5) is 0 Å². The Kier molecular flexibility index (Phi) is 6.06. The first-order valence-corrected chi connectivity index (χ1v) is 9.44. The lowest BCUT2D eigenvalue weighted by molar-refractivity contribution is 0.0651. The number of carboxylic acid groups (broad SMARTS) is 2. The van der Waals surface area contributed by atoms with Crippen LogP contribution in [0.25, 0.3) is 0 Å². The predicted molar refractivity (Wildman–Crippen MR) is 113 cm³/mol. The lowest BCUT2D eigenvalue weighted by Crippen LogP contribution is -2.08. The van der Waals surface area contributed by atoms with Gasteiger partial charge in [0.15, 0.2) is 5.78 Å². The van der Waals surface area contributed by atoms with E-state index in [1.54, 1.807) is 36.4 Å². The zero-order chi connectivity index (χ0) is 22.7. The summed E-state index contributed by atoms with van der Waals surface area (Å²) in [5.74, 6) is -3.16. The fraction of sp³-hybridized carbons (Fsp3) is 0.125. The van der Waals surface area contributed by atoms with Crippen molar-refractivity contribution in [3.05, 3.63) is 88.5 Å². The van der Waals surface area contributed by atoms with Gasteiger partial charge in [-0.3, -0.25) is 4.79 Å². The molecule has 158 valence electrons. The highest BCUT2D eigenvalue weighted by Gasteiger charge is 2.21. The Hall–Kier alpha value is -4.13. The molecule has 31 heavy (non-hydrogen) atoms. The Balaban J connectivity index is 2.03. The molecule has 7 heteroatoms. The third-order valence-electron chi connectivity index (χ3n) is 4.71. The van der Waals surface area contributed by atoms with Gasteiger partial charge >= 0.3 is 11.9 Å². The van der Waals surface area contributed by atoms with Gasteiger partial charge in [0.25, 0.3) is 0 Å². The second-order valence-corrected chi connectivity index (χ2v) is 7.18. The minimum absolute atomic E-state index is 0.0878. The summed E-state index contributed by atoms with van der Waals surface area (Å²) in [5, 5.41) is 29.0. The van der Waals surface area contributed by atoms with E-state index in [1.165, 1.54) is 12.1 Å². The van der Waals surface area contributed by atoms with Crippen LogP contribution in [0.15, 0.2) is 60.7 Å². The normalized spacial score (nSPS) is 10.7. The van der Waals surface area contributed by atoms with Gasteiger partial charge in [0, 0.05) is 11.6 Å². The summed E-state index contributed by atoms with van der Waals surface area (Å²) >= 11 is 0. The maximum Gasteiger partial charge on any atom is 0.336 e. The quantitative estimate of drug-likeness (QED) is 0.463. The number of carbonyl (C=O) groups is 3. The first-order chi connectivity index (χ1) is 14.7. The number of hydrogen-bond donors (Lipinski definition) is 3. The van der Waals surface area contributed by atoms with Crippen LogP contribution >= 0.6 is 0 Å². The van der Waals surface area contributed by atoms with Crippen molar-refractivity contribution in [2.24, 2.45) is 0 Å². The van der Waals surface area contributed by atoms with Gasteiger partial charge in [-0.15, -0.1) is 0 Å². The predicted octanol–water partition coefficient (Wildman–Crippen LogP) is 4.94. The molecule has 0 saturated carbocycles. The largest absolute Gasteiger partial charge is 0.507 e. The second kappa shape index (κ2) is 8.71. The summed E-state index contributed by atoms with van der Waals surface area (Å²) in [7, 11) is 0. The maximum atomic E-state index is 12.8. The van der Waals surface area contributed by atoms with Gasteiger partial charge in [-0.2, -0.15) is 0 Å². The lowest BCUT2D eigenvalue weighted by atomic mass is 9.95. The third kappa shape index (κ3) is 4.56. The highest BCUT2D eigenvalue weighted by molar-refractivity contribution is 6.11. The number of phenolic OH excluding ortho intramolecular Hbond substituents is 1. The number of aromatic carboxylic acids is 2. The Morgan fingerprint density at radius 3 is 2.03 bits per heavy atom. The standard InChI is InChI=1S/C24H20O7/c1-13(2)17-11-19(22(26)14-6-4-3-5-7-14)20(25)12-21(17)31-15-8-9-16(23(27)28)18(10-15)24(29)30/h3-13,25H,1-2H3,(H,27,28)(H,29,30). The maximum absolute atomic E-state index is 12.8. The molecule has 0 aromatic heterocycles. The molecule has 0 aliphatic heterocycles. The fourth-order valence-electron chi connectivity index (χ4n) is 3.13. The van der Waals surface area contributed by atoms with E-state index >= 15 is 0 Å². The summed E-state index contributed by atoms with van der Waals surface area (Å²) in [6.45, 7) is 3.76. The summed E-state index contributed by atoms with van der Waals surface area (Å²) in [6.07, 6.45) is 0. The molecular formula is C24H20O7. The molecule has 0 amide bonds. The van der Waals surface area contributed by atoms with Crippen LogP contribution in [0, 0.1) is 0 Å². The highest BCUT2D eigenvalue weighted by Crippen LogP contribution is 2.37. The molecule has 0 heterocycles. The minimum Gasteiger partial charge on any atom is -0.507 e. The zero-order valence-electron chi connectivity index (χ0n) is 16.8. The molecule has 0 atom stereocenters. The molecule has 3 aromatic rings. The van der Waals surface area contributed by atoms with Gasteiger partial charge in [0.05, 0.1) is 16.7 Å². The van der Waals surface area contributed by atoms with E-state index in [2.05, 4.69) is 0 Å². The van der Waals surface area contributed by atoms with E-state index in [9.17, 15) is 24.6 Å². The van der Waals surface area contributed by atoms with Crippen molar-refractivity contribution >= 4 is 17.7 Å². The number of aromatic hydroxyl groups is 1. The Labute approximate surface area is 178 Å². The molecule has 0 radical (unpaired) electrons. The molecule has 0 bridgehead atoms. The Morgan fingerprint density at radius 2 is 1.45 bits per heavy atom. The van der Waals surface area contributed by atoms with Crippen LogP contribution < -0.4 is 4.74 Å². The highest BCUT2D eigenvalue weighted by atomic mass is 16.5. The summed E-state index contributed by atoms with van der Waals surface area (Å²) < 4.78 is 5.79. The molecule has 7 nitrogen and oxygen atoms in total. The summed E-state index contributed by atoms with van der Waals surface area (Å²) in [6, 6.07) is 15.0. The van der Waals surface area contributed by atoms with Gasteiger partial charge in [-0.1, -0.05) is 44.2 Å². The molecule has 0 aliphatic rings. The number of ether oxygens (including phenoxy) is 1. The van der Waals surface area contributed by atoms with Crippen LogP contribution in [0.2, 0.25) is 0 Å². The average molecular weight is 420 g/mol. The Morgan fingerprint density at radius 1 is 0.806 bits per heavy atom. The van der Waals surface area contributed by atoms with Crippen molar-refractivity contribution in [3.63, 3.8) is 0 Å². The molecule has 3 N–H and O–H groups in total. The third-order valence-corrected chi connectivity index (χ3v) is 4.71. The van der Waals surface area contributed by atoms with Gasteiger partial charge in [0.2, 0.25) is 0 Å². The number of benzene rings is 3. The molecule has 3 aromatic carbocycles. The molecule has 3 rings (SSSR count). The van der Waals surface area contributed by atoms with Crippen molar-refractivity contribution in [2.45, 2.75) is 19.8 Å². The van der Waals surface area contributed by atoms with Crippen LogP contribution in [-0.4, -0.2) is 33.0 Å². The number of carboxylic acids is 2. The van der Waals surface area contributed by atoms with Crippen molar-refractivity contribution < 1.29 is 34.4 Å². The zero-order valence-corrected chi connectivity index (χ0v) is 16.8. The number of rotatable bonds is 7. The molecule has 0 unspecified atom stereocenters. The molecule has 0 aliphatic carbocycles. The fourth-order valence-corrected chi connectivity index (χ4v) is 3.13. The van der Waals surface area contributed by atoms with E-state index in [0.717, 1.165) is 12.1 Å².